The van der Waals surface area contributed by atoms with E-state index in [0.717, 1.165) is 53.4 Å². The number of aliphatic hydroxyl groups is 14. The smallest absolute Gasteiger partial charge is 0.251 e. The molecule has 7 rings (SSSR count). The van der Waals surface area contributed by atoms with Crippen LogP contribution in [-0.2, 0) is 71.3 Å². The molecule has 36 nitrogen and oxygen atoms in total. The predicted octanol–water partition coefficient (Wildman–Crippen LogP) is -7.37. The fourth-order valence-corrected chi connectivity index (χ4v) is 12.4. The molecule has 1 aromatic carbocycles. The Morgan fingerprint density at radius 3 is 1.34 bits per heavy atom. The minimum Gasteiger partial charge on any atom is -0.494 e. The lowest BCUT2D eigenvalue weighted by atomic mass is 9.93. The van der Waals surface area contributed by atoms with Crippen LogP contribution < -0.4 is 31.3 Å². The number of hydrogen-bond donors (Lipinski definition) is 19. The van der Waals surface area contributed by atoms with E-state index in [-0.39, 0.29) is 5.56 Å². The lowest BCUT2D eigenvalue weighted by Crippen LogP contribution is -2.72. The summed E-state index contributed by atoms with van der Waals surface area (Å²) < 4.78 is 71.9. The molecule has 30 atom stereocenters. The summed E-state index contributed by atoms with van der Waals surface area (Å²) in [6.07, 6.45) is -33.6. The van der Waals surface area contributed by atoms with Gasteiger partial charge in [-0.3, -0.25) is 24.0 Å². The Hall–Kier alpha value is -4.89. The standard InChI is InChI=1S/C62H99N5O31/c1-7-8-9-10-11-12-13-14-15-19-87-32-18-16-17-31(20-32)56(85)67-39-45(78)44(77)33(21-68)91-58(39)95-52-34(22-69)92-59(40(47(52)80)64-28(4)73)96-53-35(23-70)93-60(41(48(53)81)65-29(5)74)97-54-36(24-71)94-61(42(49(54)82)66-30(6)75)98-55-37(90-57(86)38(46(55)79)63-27(3)72)25-88-62-51(84)50(83)43(76)26(2)89-62/h12-13,16-18,20,26,33-55,57-62,68-71,76-84,86H,7-11,14-15,19,21-25H2,1-6H3,(H,63,72)(H,64,73)(H,65,74)(H,66,75)(H,67,85)/b13-12-/t26-,33+,34+,35+,36+,37+,38+,39+,40+,41+,42+,43+,44+,45+,46+,47+,48+,49+,50+,51-,52+,53+,54+,55+,57?,58-,59-,60-,61-,62-/m0/s1. The first-order valence-electron chi connectivity index (χ1n) is 32.8. The van der Waals surface area contributed by atoms with E-state index in [1.165, 1.54) is 31.9 Å². The van der Waals surface area contributed by atoms with Gasteiger partial charge in [0.25, 0.3) is 5.91 Å². The van der Waals surface area contributed by atoms with Crippen molar-refractivity contribution in [1.29, 1.82) is 0 Å². The Kier molecular flexibility index (Phi) is 31.1. The highest BCUT2D eigenvalue weighted by molar-refractivity contribution is 5.94. The van der Waals surface area contributed by atoms with Gasteiger partial charge in [0.1, 0.15) is 146 Å². The van der Waals surface area contributed by atoms with Crippen molar-refractivity contribution in [2.75, 3.05) is 39.6 Å². The van der Waals surface area contributed by atoms with Crippen LogP contribution in [0.15, 0.2) is 36.4 Å². The molecule has 0 radical (unpaired) electrons. The molecule has 6 saturated heterocycles. The molecule has 6 aliphatic heterocycles. The number of aliphatic hydroxyl groups excluding tert-OH is 14. The van der Waals surface area contributed by atoms with Crippen molar-refractivity contribution < 1.29 is 152 Å². The largest absolute Gasteiger partial charge is 0.494 e. The van der Waals surface area contributed by atoms with E-state index in [1.807, 2.05) is 0 Å². The van der Waals surface area contributed by atoms with E-state index < -0.39 is 246 Å². The van der Waals surface area contributed by atoms with Crippen molar-refractivity contribution in [1.82, 2.24) is 26.6 Å². The van der Waals surface area contributed by atoms with E-state index in [2.05, 4.69) is 45.7 Å². The number of carbonyl (C=O) groups excluding carboxylic acids is 5. The van der Waals surface area contributed by atoms with Gasteiger partial charge in [0.2, 0.25) is 23.6 Å². The molecule has 6 fully saturated rings. The van der Waals surface area contributed by atoms with Crippen LogP contribution in [0, 0.1) is 0 Å². The van der Waals surface area contributed by atoms with Crippen molar-refractivity contribution in [2.45, 2.75) is 270 Å². The molecule has 0 saturated carbocycles. The molecular weight excluding hydrogens is 1310 g/mol. The molecule has 19 N–H and O–H groups in total. The SMILES string of the molecule is CCCCCC/C=C\CCCOc1cccc(C(=O)N[C@H]2[C@H](O[C@H]3[C@H](O)[C@@H](NC(C)=O)[C@H](O[C@H]4[C@H](O)[C@@H](NC(C)=O)[C@H](O[C@H]5[C@H](O)[C@@H](NC(C)=O)[C@H](O[C@H]6[C@H](O)[C@@H](NC(C)=O)C(O)O[C@@H]6CO[C@H]6O[C@@H](C)[C@@H](O)[C@@H](O)[C@@H]6O)O[C@@H]5CO)O[C@@H]4CO)O[C@@H]3CO)O[C@H](CO)[C@@H](O)[C@@H]2O)c1. The van der Waals surface area contributed by atoms with Gasteiger partial charge in [-0.25, -0.2) is 0 Å². The van der Waals surface area contributed by atoms with Gasteiger partial charge in [0.15, 0.2) is 37.7 Å². The third kappa shape index (κ3) is 20.5. The highest BCUT2D eigenvalue weighted by atomic mass is 16.8. The zero-order chi connectivity index (χ0) is 71.8. The topological polar surface area (TPSA) is 539 Å². The van der Waals surface area contributed by atoms with E-state index in [0.29, 0.717) is 18.8 Å². The second-order valence-corrected chi connectivity index (χ2v) is 25.1. The van der Waals surface area contributed by atoms with E-state index >= 15 is 0 Å². The third-order valence-electron chi connectivity index (χ3n) is 17.6. The maximum atomic E-state index is 13.9. The molecule has 98 heavy (non-hydrogen) atoms. The Morgan fingerprint density at radius 1 is 0.449 bits per heavy atom. The van der Waals surface area contributed by atoms with Gasteiger partial charge in [0.05, 0.1) is 45.7 Å². The van der Waals surface area contributed by atoms with E-state index in [9.17, 15) is 95.5 Å². The van der Waals surface area contributed by atoms with Crippen LogP contribution in [0.1, 0.15) is 96.8 Å². The highest BCUT2D eigenvalue weighted by Gasteiger charge is 2.58. The first-order valence-corrected chi connectivity index (χ1v) is 32.8. The fourth-order valence-electron chi connectivity index (χ4n) is 12.4. The lowest BCUT2D eigenvalue weighted by Gasteiger charge is -2.51. The lowest BCUT2D eigenvalue weighted by molar-refractivity contribution is -0.368. The molecule has 0 aliphatic carbocycles. The van der Waals surface area contributed by atoms with Crippen molar-refractivity contribution in [3.05, 3.63) is 42.0 Å². The summed E-state index contributed by atoms with van der Waals surface area (Å²) >= 11 is 0. The van der Waals surface area contributed by atoms with Crippen molar-refractivity contribution in [3.63, 3.8) is 0 Å². The minimum atomic E-state index is -2.07. The second-order valence-electron chi connectivity index (χ2n) is 25.1. The maximum Gasteiger partial charge on any atom is 0.251 e. The fraction of sp³-hybridized carbons (Fsp3) is 0.790. The van der Waals surface area contributed by atoms with E-state index in [1.54, 1.807) is 12.1 Å². The van der Waals surface area contributed by atoms with Gasteiger partial charge >= 0.3 is 0 Å². The number of hydrogen-bond acceptors (Lipinski definition) is 31. The maximum absolute atomic E-state index is 13.9. The number of carbonyl (C=O) groups is 5. The van der Waals surface area contributed by atoms with Crippen molar-refractivity contribution in [2.24, 2.45) is 0 Å². The summed E-state index contributed by atoms with van der Waals surface area (Å²) in [7, 11) is 0. The van der Waals surface area contributed by atoms with Crippen LogP contribution in [0.5, 0.6) is 5.75 Å². The van der Waals surface area contributed by atoms with Crippen LogP contribution in [0.2, 0.25) is 0 Å². The summed E-state index contributed by atoms with van der Waals surface area (Å²) in [5, 5.41) is 168. The highest BCUT2D eigenvalue weighted by Crippen LogP contribution is 2.37. The van der Waals surface area contributed by atoms with Crippen LogP contribution in [0.25, 0.3) is 0 Å². The van der Waals surface area contributed by atoms with Crippen LogP contribution in [-0.4, -0.2) is 325 Å². The van der Waals surface area contributed by atoms with E-state index in [4.69, 9.17) is 56.8 Å². The van der Waals surface area contributed by atoms with Gasteiger partial charge in [-0.15, -0.1) is 0 Å². The first kappa shape index (κ1) is 80.4. The summed E-state index contributed by atoms with van der Waals surface area (Å²) in [5.74, 6) is -3.72. The van der Waals surface area contributed by atoms with Crippen LogP contribution >= 0.6 is 0 Å². The monoisotopic (exact) mass is 1410 g/mol. The number of allylic oxidation sites excluding steroid dienone is 2. The quantitative estimate of drug-likeness (QED) is 0.0243. The number of benzene rings is 1. The molecule has 6 aliphatic rings. The minimum absolute atomic E-state index is 0.0454. The Bertz CT molecular complexity index is 2710. The van der Waals surface area contributed by atoms with Crippen LogP contribution in [0.3, 0.4) is 0 Å². The zero-order valence-corrected chi connectivity index (χ0v) is 55.2. The zero-order valence-electron chi connectivity index (χ0n) is 55.2. The average molecular weight is 1410 g/mol. The molecule has 5 amide bonds. The molecular formula is C62H99N5O31. The molecule has 6 heterocycles. The summed E-state index contributed by atoms with van der Waals surface area (Å²) in [6, 6.07) is -2.52. The first-order chi connectivity index (χ1) is 46.7. The summed E-state index contributed by atoms with van der Waals surface area (Å²) in [4.78, 5) is 65.0. The Morgan fingerprint density at radius 2 is 0.878 bits per heavy atom. The Labute approximate surface area is 564 Å². The normalized spacial score (nSPS) is 39.9. The number of nitrogens with one attached hydrogen (secondary N) is 5. The van der Waals surface area contributed by atoms with Gasteiger partial charge in [-0.2, -0.15) is 0 Å². The molecule has 0 bridgehead atoms. The van der Waals surface area contributed by atoms with Crippen LogP contribution in [0.4, 0.5) is 0 Å². The molecule has 0 spiro atoms. The molecule has 36 heteroatoms. The molecule has 0 aromatic heterocycles. The van der Waals surface area contributed by atoms with Gasteiger partial charge in [-0.1, -0.05) is 44.4 Å². The van der Waals surface area contributed by atoms with Crippen molar-refractivity contribution >= 4 is 29.5 Å². The van der Waals surface area contributed by atoms with Gasteiger partial charge < -0.3 is 155 Å². The number of rotatable bonds is 31. The van der Waals surface area contributed by atoms with Gasteiger partial charge in [0, 0.05) is 33.3 Å². The molecule has 1 aromatic rings. The molecule has 558 valence electrons. The molecule has 1 unspecified atom stereocenters. The van der Waals surface area contributed by atoms with Crippen molar-refractivity contribution in [3.8, 4) is 5.75 Å². The number of ether oxygens (including phenoxy) is 12. The second kappa shape index (κ2) is 37.9. The summed E-state index contributed by atoms with van der Waals surface area (Å²) in [5.41, 5.74) is 0.0454. The average Bonchev–Trinajstić information content (AvgIpc) is 0.774. The summed E-state index contributed by atoms with van der Waals surface area (Å²) in [6.45, 7) is 3.29. The number of amides is 5. The third-order valence-corrected chi connectivity index (χ3v) is 17.6. The predicted molar refractivity (Wildman–Crippen MR) is 328 cm³/mol. The Balaban J connectivity index is 1.07. The number of unbranched alkanes of at least 4 members (excludes halogenated alkanes) is 5. The van der Waals surface area contributed by atoms with Gasteiger partial charge in [-0.05, 0) is 50.8 Å².